The zero-order valence-corrected chi connectivity index (χ0v) is 16.2. The lowest BCUT2D eigenvalue weighted by Gasteiger charge is -2.05. The van der Waals surface area contributed by atoms with Crippen LogP contribution >= 0.6 is 11.3 Å². The summed E-state index contributed by atoms with van der Waals surface area (Å²) in [5, 5.41) is 14.8. The molecule has 0 saturated heterocycles. The van der Waals surface area contributed by atoms with E-state index in [0.29, 0.717) is 5.13 Å². The molecular weight excluding hydrogens is 360 g/mol. The van der Waals surface area contributed by atoms with Gasteiger partial charge in [0.2, 0.25) is 5.13 Å². The van der Waals surface area contributed by atoms with Gasteiger partial charge >= 0.3 is 6.03 Å². The predicted molar refractivity (Wildman–Crippen MR) is 110 cm³/mol. The van der Waals surface area contributed by atoms with Crippen molar-refractivity contribution in [2.24, 2.45) is 0 Å². The minimum Gasteiger partial charge on any atom is -0.494 e. The van der Waals surface area contributed by atoms with Crippen LogP contribution in [0, 0.1) is 6.92 Å². The van der Waals surface area contributed by atoms with Crippen molar-refractivity contribution in [1.29, 1.82) is 0 Å². The molecule has 2 amide bonds. The van der Waals surface area contributed by atoms with Gasteiger partial charge in [0.1, 0.15) is 10.8 Å². The molecule has 0 unspecified atom stereocenters. The summed E-state index contributed by atoms with van der Waals surface area (Å²) in [5.41, 5.74) is 2.79. The summed E-state index contributed by atoms with van der Waals surface area (Å²) in [6.45, 7) is 4.85. The molecule has 7 heteroatoms. The van der Waals surface area contributed by atoms with E-state index >= 15 is 0 Å². The third-order valence-electron chi connectivity index (χ3n) is 3.82. The van der Waals surface area contributed by atoms with E-state index in [-0.39, 0.29) is 6.03 Å². The second kappa shape index (κ2) is 9.14. The van der Waals surface area contributed by atoms with Crippen LogP contribution in [0.5, 0.6) is 5.75 Å². The normalized spacial score (nSPS) is 10.4. The fourth-order valence-corrected chi connectivity index (χ4v) is 3.06. The summed E-state index contributed by atoms with van der Waals surface area (Å²) in [4.78, 5) is 12.1. The fourth-order valence-electron chi connectivity index (χ4n) is 2.31. The summed E-state index contributed by atoms with van der Waals surface area (Å²) in [6, 6.07) is 15.0. The molecule has 140 valence electrons. The summed E-state index contributed by atoms with van der Waals surface area (Å²) in [6.07, 6.45) is 2.15. The lowest BCUT2D eigenvalue weighted by atomic mass is 10.2. The zero-order chi connectivity index (χ0) is 19.1. The number of hydrogen-bond acceptors (Lipinski definition) is 5. The van der Waals surface area contributed by atoms with Gasteiger partial charge in [0.15, 0.2) is 0 Å². The van der Waals surface area contributed by atoms with E-state index in [9.17, 15) is 4.79 Å². The summed E-state index contributed by atoms with van der Waals surface area (Å²) in [5.74, 6) is 0.840. The largest absolute Gasteiger partial charge is 0.494 e. The van der Waals surface area contributed by atoms with Crippen molar-refractivity contribution in [3.05, 3.63) is 54.1 Å². The SMILES string of the molecule is CCCCOc1ccc(-c2nnc(NC(=O)Nc3ccc(C)cc3)s2)cc1. The van der Waals surface area contributed by atoms with Crippen molar-refractivity contribution >= 4 is 28.2 Å². The fraction of sp³-hybridized carbons (Fsp3) is 0.250. The molecule has 0 fully saturated rings. The Bertz CT molecular complexity index is 876. The molecule has 0 radical (unpaired) electrons. The first-order chi connectivity index (χ1) is 13.1. The van der Waals surface area contributed by atoms with Crippen LogP contribution < -0.4 is 15.4 Å². The van der Waals surface area contributed by atoms with E-state index in [1.807, 2.05) is 55.5 Å². The van der Waals surface area contributed by atoms with Gasteiger partial charge in [-0.3, -0.25) is 5.32 Å². The van der Waals surface area contributed by atoms with Crippen molar-refractivity contribution in [3.63, 3.8) is 0 Å². The number of rotatable bonds is 7. The summed E-state index contributed by atoms with van der Waals surface area (Å²) < 4.78 is 5.66. The van der Waals surface area contributed by atoms with E-state index in [0.717, 1.165) is 47.0 Å². The van der Waals surface area contributed by atoms with E-state index in [2.05, 4.69) is 27.8 Å². The molecule has 0 aliphatic rings. The van der Waals surface area contributed by atoms with E-state index in [1.54, 1.807) is 0 Å². The number of carbonyl (C=O) groups excluding carboxylic acids is 1. The molecule has 3 rings (SSSR count). The number of nitrogens with zero attached hydrogens (tertiary/aromatic N) is 2. The minimum atomic E-state index is -0.346. The van der Waals surface area contributed by atoms with Crippen LogP contribution in [0.1, 0.15) is 25.3 Å². The van der Waals surface area contributed by atoms with Crippen molar-refractivity contribution in [2.45, 2.75) is 26.7 Å². The first kappa shape index (κ1) is 18.8. The zero-order valence-electron chi connectivity index (χ0n) is 15.4. The van der Waals surface area contributed by atoms with Gasteiger partial charge in [-0.25, -0.2) is 4.79 Å². The number of ether oxygens (including phenoxy) is 1. The standard InChI is InChI=1S/C20H22N4O2S/c1-3-4-13-26-17-11-7-15(8-12-17)18-23-24-20(27-18)22-19(25)21-16-9-5-14(2)6-10-16/h5-12H,3-4,13H2,1-2H3,(H2,21,22,24,25). The van der Waals surface area contributed by atoms with Crippen molar-refractivity contribution in [1.82, 2.24) is 10.2 Å². The average molecular weight is 382 g/mol. The maximum atomic E-state index is 12.1. The van der Waals surface area contributed by atoms with Gasteiger partial charge in [0, 0.05) is 11.3 Å². The molecule has 0 atom stereocenters. The highest BCUT2D eigenvalue weighted by Crippen LogP contribution is 2.28. The van der Waals surface area contributed by atoms with Crippen molar-refractivity contribution in [2.75, 3.05) is 17.2 Å². The van der Waals surface area contributed by atoms with Gasteiger partial charge in [-0.05, 0) is 49.7 Å². The molecule has 6 nitrogen and oxygen atoms in total. The molecule has 0 aliphatic heterocycles. The highest BCUT2D eigenvalue weighted by molar-refractivity contribution is 7.18. The maximum absolute atomic E-state index is 12.1. The summed E-state index contributed by atoms with van der Waals surface area (Å²) in [7, 11) is 0. The highest BCUT2D eigenvalue weighted by Gasteiger charge is 2.10. The van der Waals surface area contributed by atoms with E-state index in [4.69, 9.17) is 4.74 Å². The second-order valence-corrected chi connectivity index (χ2v) is 7.06. The molecule has 2 N–H and O–H groups in total. The number of hydrogen-bond donors (Lipinski definition) is 2. The van der Waals surface area contributed by atoms with Crippen LogP contribution in [0.15, 0.2) is 48.5 Å². The molecule has 3 aromatic rings. The van der Waals surface area contributed by atoms with Crippen LogP contribution in [0.4, 0.5) is 15.6 Å². The molecule has 2 aromatic carbocycles. The second-order valence-electron chi connectivity index (χ2n) is 6.08. The van der Waals surface area contributed by atoms with E-state index < -0.39 is 0 Å². The van der Waals surface area contributed by atoms with Gasteiger partial charge < -0.3 is 10.1 Å². The molecule has 0 aliphatic carbocycles. The maximum Gasteiger partial charge on any atom is 0.325 e. The third kappa shape index (κ3) is 5.52. The Balaban J connectivity index is 1.57. The van der Waals surface area contributed by atoms with Crippen LogP contribution in [0.3, 0.4) is 0 Å². The lowest BCUT2D eigenvalue weighted by Crippen LogP contribution is -2.19. The Hall–Kier alpha value is -2.93. The van der Waals surface area contributed by atoms with E-state index in [1.165, 1.54) is 11.3 Å². The van der Waals surface area contributed by atoms with Crippen LogP contribution in [-0.4, -0.2) is 22.8 Å². The summed E-state index contributed by atoms with van der Waals surface area (Å²) >= 11 is 1.32. The third-order valence-corrected chi connectivity index (χ3v) is 4.71. The molecule has 0 bridgehead atoms. The Morgan fingerprint density at radius 3 is 2.48 bits per heavy atom. The van der Waals surface area contributed by atoms with Gasteiger partial charge in [0.05, 0.1) is 6.61 Å². The van der Waals surface area contributed by atoms with Crippen LogP contribution in [0.2, 0.25) is 0 Å². The van der Waals surface area contributed by atoms with Gasteiger partial charge in [0.25, 0.3) is 0 Å². The lowest BCUT2D eigenvalue weighted by molar-refractivity contribution is 0.262. The Kier molecular flexibility index (Phi) is 6.38. The number of amides is 2. The Labute approximate surface area is 162 Å². The number of aromatic nitrogens is 2. The number of benzene rings is 2. The van der Waals surface area contributed by atoms with Gasteiger partial charge in [-0.1, -0.05) is 42.4 Å². The smallest absolute Gasteiger partial charge is 0.325 e. The number of nitrogens with one attached hydrogen (secondary N) is 2. The average Bonchev–Trinajstić information content (AvgIpc) is 3.13. The number of urea groups is 1. The predicted octanol–water partition coefficient (Wildman–Crippen LogP) is 5.34. The first-order valence-electron chi connectivity index (χ1n) is 8.85. The number of aryl methyl sites for hydroxylation is 1. The number of anilines is 2. The molecule has 0 spiro atoms. The Morgan fingerprint density at radius 2 is 1.78 bits per heavy atom. The Morgan fingerprint density at radius 1 is 1.04 bits per heavy atom. The molecule has 1 aromatic heterocycles. The topological polar surface area (TPSA) is 76.1 Å². The molecule has 1 heterocycles. The number of carbonyl (C=O) groups is 1. The van der Waals surface area contributed by atoms with Gasteiger partial charge in [-0.15, -0.1) is 10.2 Å². The first-order valence-corrected chi connectivity index (χ1v) is 9.67. The number of unbranched alkanes of at least 4 members (excludes halogenated alkanes) is 1. The quantitative estimate of drug-likeness (QED) is 0.541. The molecular formula is C20H22N4O2S. The van der Waals surface area contributed by atoms with Crippen LogP contribution in [-0.2, 0) is 0 Å². The minimum absolute atomic E-state index is 0.346. The monoisotopic (exact) mass is 382 g/mol. The van der Waals surface area contributed by atoms with Crippen molar-refractivity contribution < 1.29 is 9.53 Å². The van der Waals surface area contributed by atoms with Crippen LogP contribution in [0.25, 0.3) is 10.6 Å². The van der Waals surface area contributed by atoms with Gasteiger partial charge in [-0.2, -0.15) is 0 Å². The highest BCUT2D eigenvalue weighted by atomic mass is 32.1. The van der Waals surface area contributed by atoms with Crippen molar-refractivity contribution in [3.8, 4) is 16.3 Å². The molecule has 27 heavy (non-hydrogen) atoms. The molecule has 0 saturated carbocycles.